The fourth-order valence-corrected chi connectivity index (χ4v) is 3.44. The lowest BCUT2D eigenvalue weighted by molar-refractivity contribution is 0.0954. The molecule has 1 aromatic heterocycles. The molecule has 0 bridgehead atoms. The molecule has 3 aromatic rings. The first-order valence-electron chi connectivity index (χ1n) is 7.69. The van der Waals surface area contributed by atoms with Gasteiger partial charge in [0.15, 0.2) is 0 Å². The Kier molecular flexibility index (Phi) is 5.01. The van der Waals surface area contributed by atoms with Gasteiger partial charge in [-0.1, -0.05) is 30.3 Å². The summed E-state index contributed by atoms with van der Waals surface area (Å²) in [5.41, 5.74) is 2.36. The Bertz CT molecular complexity index is 846. The van der Waals surface area contributed by atoms with E-state index in [0.29, 0.717) is 18.5 Å². The summed E-state index contributed by atoms with van der Waals surface area (Å²) in [4.78, 5) is 17.6. The van der Waals surface area contributed by atoms with Gasteiger partial charge in [-0.25, -0.2) is 9.37 Å². The Morgan fingerprint density at radius 3 is 2.71 bits per heavy atom. The normalized spacial score (nSPS) is 10.6. The quantitative estimate of drug-likeness (QED) is 0.755. The number of carbonyl (C=O) groups is 1. The third kappa shape index (κ3) is 3.86. The standard InChI is InChI=1S/C19H17FN2OS/c1-13-17(10-11-21-18(23)14-6-3-2-4-7-14)24-19(22-13)15-8-5-9-16(20)12-15/h2-9,12H,10-11H2,1H3,(H,21,23). The van der Waals surface area contributed by atoms with Crippen LogP contribution in [-0.4, -0.2) is 17.4 Å². The van der Waals surface area contributed by atoms with Crippen molar-refractivity contribution in [2.24, 2.45) is 0 Å². The number of carbonyl (C=O) groups excluding carboxylic acids is 1. The fourth-order valence-electron chi connectivity index (χ4n) is 2.39. The fraction of sp³-hybridized carbons (Fsp3) is 0.158. The Labute approximate surface area is 144 Å². The summed E-state index contributed by atoms with van der Waals surface area (Å²) >= 11 is 1.54. The summed E-state index contributed by atoms with van der Waals surface area (Å²) in [5, 5.41) is 3.71. The van der Waals surface area contributed by atoms with Gasteiger partial charge in [0.25, 0.3) is 5.91 Å². The van der Waals surface area contributed by atoms with Crippen LogP contribution in [0.2, 0.25) is 0 Å². The zero-order valence-corrected chi connectivity index (χ0v) is 14.1. The second-order valence-corrected chi connectivity index (χ2v) is 6.49. The van der Waals surface area contributed by atoms with Crippen LogP contribution in [0.3, 0.4) is 0 Å². The van der Waals surface area contributed by atoms with Crippen molar-refractivity contribution >= 4 is 17.2 Å². The van der Waals surface area contributed by atoms with E-state index >= 15 is 0 Å². The Morgan fingerprint density at radius 1 is 1.17 bits per heavy atom. The number of amides is 1. The number of halogens is 1. The highest BCUT2D eigenvalue weighted by Gasteiger charge is 2.11. The molecule has 5 heteroatoms. The molecule has 0 spiro atoms. The minimum absolute atomic E-state index is 0.0804. The second kappa shape index (κ2) is 7.36. The predicted molar refractivity (Wildman–Crippen MR) is 94.7 cm³/mol. The van der Waals surface area contributed by atoms with Crippen molar-refractivity contribution in [1.82, 2.24) is 10.3 Å². The average Bonchev–Trinajstić information content (AvgIpc) is 2.97. The molecule has 0 radical (unpaired) electrons. The van der Waals surface area contributed by atoms with Gasteiger partial charge in [0, 0.05) is 29.0 Å². The van der Waals surface area contributed by atoms with Crippen molar-refractivity contribution in [2.75, 3.05) is 6.54 Å². The van der Waals surface area contributed by atoms with Gasteiger partial charge in [-0.05, 0) is 31.2 Å². The van der Waals surface area contributed by atoms with Crippen LogP contribution < -0.4 is 5.32 Å². The second-order valence-electron chi connectivity index (χ2n) is 5.41. The van der Waals surface area contributed by atoms with Crippen molar-refractivity contribution in [3.8, 4) is 10.6 Å². The van der Waals surface area contributed by atoms with E-state index in [1.165, 1.54) is 23.5 Å². The summed E-state index contributed by atoms with van der Waals surface area (Å²) in [5.74, 6) is -0.347. The molecule has 0 atom stereocenters. The zero-order valence-electron chi connectivity index (χ0n) is 13.3. The van der Waals surface area contributed by atoms with E-state index < -0.39 is 0 Å². The maximum absolute atomic E-state index is 13.3. The molecular weight excluding hydrogens is 323 g/mol. The maximum atomic E-state index is 13.3. The minimum Gasteiger partial charge on any atom is -0.352 e. The Morgan fingerprint density at radius 2 is 1.96 bits per heavy atom. The third-order valence-electron chi connectivity index (χ3n) is 3.64. The summed E-state index contributed by atoms with van der Waals surface area (Å²) in [6, 6.07) is 15.6. The molecule has 0 fully saturated rings. The third-order valence-corrected chi connectivity index (χ3v) is 4.90. The van der Waals surface area contributed by atoms with Gasteiger partial charge in [-0.2, -0.15) is 0 Å². The summed E-state index contributed by atoms with van der Waals surface area (Å²) in [6.45, 7) is 2.48. The van der Waals surface area contributed by atoms with E-state index in [9.17, 15) is 9.18 Å². The van der Waals surface area contributed by atoms with Crippen molar-refractivity contribution in [3.63, 3.8) is 0 Å². The predicted octanol–water partition coefficient (Wildman–Crippen LogP) is 4.23. The topological polar surface area (TPSA) is 42.0 Å². The molecule has 3 nitrogen and oxygen atoms in total. The van der Waals surface area contributed by atoms with Gasteiger partial charge in [0.2, 0.25) is 0 Å². The van der Waals surface area contributed by atoms with Crippen LogP contribution in [-0.2, 0) is 6.42 Å². The highest BCUT2D eigenvalue weighted by molar-refractivity contribution is 7.15. The summed E-state index contributed by atoms with van der Waals surface area (Å²) in [6.07, 6.45) is 0.706. The molecule has 0 saturated carbocycles. The number of aryl methyl sites for hydroxylation is 1. The molecule has 24 heavy (non-hydrogen) atoms. The average molecular weight is 340 g/mol. The van der Waals surface area contributed by atoms with Gasteiger partial charge in [0.05, 0.1) is 5.69 Å². The SMILES string of the molecule is Cc1nc(-c2cccc(F)c2)sc1CCNC(=O)c1ccccc1. The molecule has 0 aliphatic heterocycles. The highest BCUT2D eigenvalue weighted by atomic mass is 32.1. The van der Waals surface area contributed by atoms with Crippen molar-refractivity contribution in [1.29, 1.82) is 0 Å². The number of nitrogens with zero attached hydrogens (tertiary/aromatic N) is 1. The van der Waals surface area contributed by atoms with E-state index in [4.69, 9.17) is 0 Å². The van der Waals surface area contributed by atoms with Crippen LogP contribution in [0.1, 0.15) is 20.9 Å². The van der Waals surface area contributed by atoms with Crippen LogP contribution in [0, 0.1) is 12.7 Å². The van der Waals surface area contributed by atoms with Crippen LogP contribution in [0.15, 0.2) is 54.6 Å². The van der Waals surface area contributed by atoms with E-state index in [1.54, 1.807) is 18.2 Å². The van der Waals surface area contributed by atoms with Gasteiger partial charge < -0.3 is 5.32 Å². The van der Waals surface area contributed by atoms with Crippen LogP contribution in [0.25, 0.3) is 10.6 Å². The van der Waals surface area contributed by atoms with Crippen LogP contribution in [0.4, 0.5) is 4.39 Å². The van der Waals surface area contributed by atoms with Gasteiger partial charge in [0.1, 0.15) is 10.8 Å². The number of hydrogen-bond donors (Lipinski definition) is 1. The number of aromatic nitrogens is 1. The molecule has 122 valence electrons. The van der Waals surface area contributed by atoms with Gasteiger partial charge >= 0.3 is 0 Å². The van der Waals surface area contributed by atoms with Crippen molar-refractivity contribution < 1.29 is 9.18 Å². The van der Waals surface area contributed by atoms with Crippen LogP contribution >= 0.6 is 11.3 Å². The molecule has 0 aliphatic carbocycles. The van der Waals surface area contributed by atoms with E-state index in [-0.39, 0.29) is 11.7 Å². The lowest BCUT2D eigenvalue weighted by Gasteiger charge is -2.04. The number of benzene rings is 2. The summed E-state index contributed by atoms with van der Waals surface area (Å²) in [7, 11) is 0. The summed E-state index contributed by atoms with van der Waals surface area (Å²) < 4.78 is 13.3. The smallest absolute Gasteiger partial charge is 0.251 e. The molecule has 1 heterocycles. The van der Waals surface area contributed by atoms with Gasteiger partial charge in [-0.15, -0.1) is 11.3 Å². The monoisotopic (exact) mass is 340 g/mol. The lowest BCUT2D eigenvalue weighted by Crippen LogP contribution is -2.25. The zero-order chi connectivity index (χ0) is 16.9. The molecule has 3 rings (SSSR count). The van der Waals surface area contributed by atoms with Gasteiger partial charge in [-0.3, -0.25) is 4.79 Å². The first-order chi connectivity index (χ1) is 11.6. The van der Waals surface area contributed by atoms with Crippen molar-refractivity contribution in [2.45, 2.75) is 13.3 Å². The van der Waals surface area contributed by atoms with E-state index in [0.717, 1.165) is 21.1 Å². The number of rotatable bonds is 5. The lowest BCUT2D eigenvalue weighted by atomic mass is 10.2. The minimum atomic E-state index is -0.267. The Balaban J connectivity index is 1.63. The first-order valence-corrected chi connectivity index (χ1v) is 8.50. The Hall–Kier alpha value is -2.53. The number of nitrogens with one attached hydrogen (secondary N) is 1. The highest BCUT2D eigenvalue weighted by Crippen LogP contribution is 2.28. The number of hydrogen-bond acceptors (Lipinski definition) is 3. The van der Waals surface area contributed by atoms with E-state index in [2.05, 4.69) is 10.3 Å². The maximum Gasteiger partial charge on any atom is 0.251 e. The molecule has 1 amide bonds. The molecular formula is C19H17FN2OS. The van der Waals surface area contributed by atoms with Crippen molar-refractivity contribution in [3.05, 3.63) is 76.5 Å². The van der Waals surface area contributed by atoms with Crippen LogP contribution in [0.5, 0.6) is 0 Å². The molecule has 0 unspecified atom stereocenters. The van der Waals surface area contributed by atoms with E-state index in [1.807, 2.05) is 31.2 Å². The molecule has 2 aromatic carbocycles. The largest absolute Gasteiger partial charge is 0.352 e. The molecule has 1 N–H and O–H groups in total. The molecule has 0 aliphatic rings. The molecule has 0 saturated heterocycles. The first kappa shape index (κ1) is 16.3. The number of thiazole rings is 1.